The van der Waals surface area contributed by atoms with Crippen LogP contribution in [0.25, 0.3) is 0 Å². The smallest absolute Gasteiger partial charge is 0.163 e. The molecule has 86 heavy (non-hydrogen) atoms. The van der Waals surface area contributed by atoms with Crippen molar-refractivity contribution in [2.75, 3.05) is 26.4 Å². The lowest BCUT2D eigenvalue weighted by Gasteiger charge is -2.75. The van der Waals surface area contributed by atoms with Gasteiger partial charge in [-0.15, -0.1) is 0 Å². The molecule has 462 valence electrons. The van der Waals surface area contributed by atoms with Crippen molar-refractivity contribution in [1.29, 1.82) is 0 Å². The van der Waals surface area contributed by atoms with Crippen LogP contribution >= 0.6 is 0 Å². The van der Waals surface area contributed by atoms with E-state index >= 15 is 9.90 Å². The Hall–Kier alpha value is -3.86. The first-order valence-electron chi connectivity index (χ1n) is 34.4. The first kappa shape index (κ1) is 57.3. The van der Waals surface area contributed by atoms with Crippen LogP contribution in [0, 0.1) is 108 Å². The van der Waals surface area contributed by atoms with Crippen LogP contribution < -0.4 is 11.1 Å². The Bertz CT molecular complexity index is 3270. The molecular formula is C75H98N2O9. The summed E-state index contributed by atoms with van der Waals surface area (Å²) in [4.78, 5) is 30.3. The molecule has 11 nitrogen and oxygen atoms in total. The number of ketones is 1. The Kier molecular flexibility index (Phi) is 12.7. The Morgan fingerprint density at radius 1 is 0.953 bits per heavy atom. The summed E-state index contributed by atoms with van der Waals surface area (Å²) in [5, 5.41) is 68.8. The van der Waals surface area contributed by atoms with E-state index in [4.69, 9.17) is 15.2 Å². The number of hydrogen-bond acceptors (Lipinski definition) is 11. The normalized spacial score (nSPS) is 49.2. The molecule has 0 radical (unpaired) electrons. The standard InChI is InChI=1S/C75H98N2O9/c1-45-22-31-85-73(34-45,64-63(86-64)67(4,83)65(2,43-79)25-18-46-21-30-77-58(76)32-46)57-33-51-16-17-54-60-59-50(36-66(57,3)75(51,60)84)15-14-49-11-6-5-10-48(49)12-9-13-56-70(29-28-68(41-70)23-7-8-24-68)42-71-27-20-53-55(81)39-74(56,71)72(59,61(53)62(54)82)38-52(37-71)69(44-80)26-19-47(35-69)40-78/h5-6,10-11,20-21,27,32,37,40,45,47,50-51,53,55-57,59,61,63-64,77,79-81,83-84H,7-8,12,14-19,22-26,28-31,33-36,38-39,41-44,76H2,1-4H3. The van der Waals surface area contributed by atoms with Crippen molar-refractivity contribution in [2.45, 2.75) is 217 Å². The van der Waals surface area contributed by atoms with E-state index < -0.39 is 79.4 Å². The lowest BCUT2D eigenvalue weighted by Crippen LogP contribution is -2.75. The molecule has 1 aromatic carbocycles. The maximum absolute atomic E-state index is 17.3. The van der Waals surface area contributed by atoms with Crippen LogP contribution in [0.3, 0.4) is 0 Å². The highest BCUT2D eigenvalue weighted by Crippen LogP contribution is 2.90. The second-order valence-electron chi connectivity index (χ2n) is 33.2. The van der Waals surface area contributed by atoms with E-state index in [1.807, 2.05) is 19.9 Å². The van der Waals surface area contributed by atoms with E-state index in [-0.39, 0.29) is 71.3 Å². The van der Waals surface area contributed by atoms with Gasteiger partial charge in [0.25, 0.3) is 0 Å². The topological polar surface area (TPSA) is 195 Å². The average Bonchev–Trinajstić information content (AvgIpc) is 1.34. The van der Waals surface area contributed by atoms with Gasteiger partial charge in [-0.1, -0.05) is 99.6 Å². The molecule has 0 amide bonds. The zero-order chi connectivity index (χ0) is 59.5. The van der Waals surface area contributed by atoms with Crippen molar-refractivity contribution in [2.24, 2.45) is 102 Å². The maximum Gasteiger partial charge on any atom is 0.163 e. The number of carbonyl (C=O) groups is 2. The molecule has 11 heteroatoms. The highest BCUT2D eigenvalue weighted by molar-refractivity contribution is 6.01. The van der Waals surface area contributed by atoms with Crippen molar-refractivity contribution < 1.29 is 44.6 Å². The minimum absolute atomic E-state index is 0.00376. The Morgan fingerprint density at radius 3 is 2.52 bits per heavy atom. The van der Waals surface area contributed by atoms with Crippen LogP contribution in [-0.4, -0.2) is 99.1 Å². The fourth-order valence-corrected chi connectivity index (χ4v) is 25.9. The number of rotatable bonds is 11. The number of nitrogens with one attached hydrogen (secondary N) is 1. The minimum Gasteiger partial charge on any atom is -0.396 e. The van der Waals surface area contributed by atoms with E-state index in [1.165, 1.54) is 48.8 Å². The molecule has 1 aromatic rings. The third-order valence-electron chi connectivity index (χ3n) is 29.8. The lowest BCUT2D eigenvalue weighted by atomic mass is 9.28. The quantitative estimate of drug-likeness (QED) is 0.0482. The number of hydrogen-bond donors (Lipinski definition) is 7. The fraction of sp³-hybridized carbons (Fsp3) is 0.733. The van der Waals surface area contributed by atoms with Gasteiger partial charge in [0.2, 0.25) is 0 Å². The molecular weight excluding hydrogens is 1070 g/mol. The third kappa shape index (κ3) is 7.19. The van der Waals surface area contributed by atoms with Gasteiger partial charge in [0.1, 0.15) is 24.1 Å². The van der Waals surface area contributed by atoms with E-state index in [2.05, 4.69) is 79.6 Å². The van der Waals surface area contributed by atoms with Crippen LogP contribution in [0.2, 0.25) is 0 Å². The lowest BCUT2D eigenvalue weighted by molar-refractivity contribution is -0.243. The number of epoxide rings is 1. The monoisotopic (exact) mass is 1170 g/mol. The SMILES string of the molecule is CC1CCOC(C2OC2C(C)(O)C(C)(CO)CCC2=CCNC(N)=C2)(C2CC3CCC4=C5C6C(CCc7ccccc7CC#CC7C8(CCC9(CCCC9)C8)CC89C=CC%10C(O)CC78C6(CC(C6(CO)CCC(C=O)C6)=C9)C%10C4=O)CC2(C)C53O)C1. The summed E-state index contributed by atoms with van der Waals surface area (Å²) in [7, 11) is 0. The first-order chi connectivity index (χ1) is 41.2. The van der Waals surface area contributed by atoms with Crippen molar-refractivity contribution in [3.63, 3.8) is 0 Å². The van der Waals surface area contributed by atoms with Crippen LogP contribution in [0.15, 0.2) is 82.8 Å². The van der Waals surface area contributed by atoms with Crippen LogP contribution in [0.4, 0.5) is 0 Å². The molecule has 4 spiro atoms. The molecule has 22 atom stereocenters. The third-order valence-corrected chi connectivity index (χ3v) is 29.8. The molecule has 16 aliphatic rings. The van der Waals surface area contributed by atoms with Crippen LogP contribution in [-0.2, 0) is 31.9 Å². The summed E-state index contributed by atoms with van der Waals surface area (Å²) in [5.41, 5.74) is 4.88. The molecule has 22 unspecified atom stereocenters. The number of ether oxygens (including phenoxy) is 2. The van der Waals surface area contributed by atoms with Gasteiger partial charge in [0, 0.05) is 70.3 Å². The van der Waals surface area contributed by atoms with Gasteiger partial charge in [-0.2, -0.15) is 0 Å². The van der Waals surface area contributed by atoms with E-state index in [9.17, 15) is 25.2 Å². The summed E-state index contributed by atoms with van der Waals surface area (Å²) in [6.45, 7) is 9.45. The van der Waals surface area contributed by atoms with Crippen molar-refractivity contribution >= 4 is 12.1 Å². The van der Waals surface area contributed by atoms with Gasteiger partial charge >= 0.3 is 0 Å². The molecule has 2 saturated heterocycles. The molecule has 8 N–H and O–H groups in total. The Balaban J connectivity index is 0.901. The number of aldehydes is 1. The zero-order valence-electron chi connectivity index (χ0n) is 51.9. The number of Topliss-reactive ketones (excluding diaryl/α,β-unsaturated/α-hetero) is 1. The molecule has 17 rings (SSSR count). The largest absolute Gasteiger partial charge is 0.396 e. The van der Waals surface area contributed by atoms with E-state index in [0.29, 0.717) is 96.0 Å². The number of fused-ring (bicyclic) bond motifs is 3. The Labute approximate surface area is 510 Å². The van der Waals surface area contributed by atoms with Gasteiger partial charge in [0.15, 0.2) is 5.78 Å². The predicted octanol–water partition coefficient (Wildman–Crippen LogP) is 10.3. The molecule has 4 bridgehead atoms. The van der Waals surface area contributed by atoms with Gasteiger partial charge < -0.3 is 50.9 Å². The van der Waals surface area contributed by atoms with Crippen molar-refractivity contribution in [3.8, 4) is 11.8 Å². The van der Waals surface area contributed by atoms with Crippen LogP contribution in [0.1, 0.15) is 180 Å². The number of carbonyl (C=O) groups excluding carboxylic acids is 2. The summed E-state index contributed by atoms with van der Waals surface area (Å²) >= 11 is 0. The molecule has 3 aliphatic heterocycles. The number of aryl methyl sites for hydroxylation is 1. The fourth-order valence-electron chi connectivity index (χ4n) is 25.9. The number of dihydropyridines is 1. The van der Waals surface area contributed by atoms with E-state index in [1.54, 1.807) is 0 Å². The molecule has 7 saturated carbocycles. The molecule has 3 heterocycles. The second-order valence-corrected chi connectivity index (χ2v) is 33.2. The number of aliphatic hydroxyl groups excluding tert-OH is 3. The molecule has 0 aromatic heterocycles. The minimum atomic E-state index is -1.45. The van der Waals surface area contributed by atoms with Crippen molar-refractivity contribution in [1.82, 2.24) is 5.32 Å². The van der Waals surface area contributed by atoms with Crippen molar-refractivity contribution in [3.05, 3.63) is 93.9 Å². The Morgan fingerprint density at radius 2 is 1.77 bits per heavy atom. The number of allylic oxidation sites excluding steroid dienone is 5. The maximum atomic E-state index is 17.3. The summed E-state index contributed by atoms with van der Waals surface area (Å²) < 4.78 is 14.7. The number of aliphatic hydroxyl groups is 5. The van der Waals surface area contributed by atoms with Gasteiger partial charge in [-0.25, -0.2) is 0 Å². The van der Waals surface area contributed by atoms with E-state index in [0.717, 1.165) is 68.0 Å². The van der Waals surface area contributed by atoms with Crippen LogP contribution in [0.5, 0.6) is 0 Å². The summed E-state index contributed by atoms with van der Waals surface area (Å²) in [6.07, 6.45) is 31.0. The molecule has 13 aliphatic carbocycles. The second kappa shape index (κ2) is 19.1. The predicted molar refractivity (Wildman–Crippen MR) is 328 cm³/mol. The first-order valence-corrected chi connectivity index (χ1v) is 34.4. The summed E-state index contributed by atoms with van der Waals surface area (Å²) in [5.74, 6) is 7.53. The number of nitrogens with two attached hydrogens (primary N) is 1. The van der Waals surface area contributed by atoms with Gasteiger partial charge in [0.05, 0.1) is 36.3 Å². The number of benzene rings is 1. The summed E-state index contributed by atoms with van der Waals surface area (Å²) in [6, 6.07) is 8.97. The average molecular weight is 1170 g/mol. The highest BCUT2D eigenvalue weighted by atomic mass is 16.6. The molecule has 9 fully saturated rings. The van der Waals surface area contributed by atoms with Gasteiger partial charge in [-0.3, -0.25) is 4.79 Å². The zero-order valence-corrected chi connectivity index (χ0v) is 51.9. The highest BCUT2D eigenvalue weighted by Gasteiger charge is 2.87. The van der Waals surface area contributed by atoms with Gasteiger partial charge in [-0.05, 0) is 222 Å².